The van der Waals surface area contributed by atoms with Gasteiger partial charge in [0.1, 0.15) is 0 Å². The van der Waals surface area contributed by atoms with Crippen LogP contribution < -0.4 is 3.79 Å². The van der Waals surface area contributed by atoms with Crippen molar-refractivity contribution in [2.45, 2.75) is 51.1 Å². The molecular weight excluding hydrogens is 211 g/mol. The van der Waals surface area contributed by atoms with E-state index in [0.717, 1.165) is 5.75 Å². The maximum absolute atomic E-state index is 6.20. The van der Waals surface area contributed by atoms with Crippen LogP contribution in [0.15, 0.2) is 18.2 Å². The zero-order valence-electron chi connectivity index (χ0n) is 11.2. The Morgan fingerprint density at radius 3 is 2.31 bits per heavy atom. The molecule has 0 aliphatic carbocycles. The highest BCUT2D eigenvalue weighted by Gasteiger charge is 2.19. The van der Waals surface area contributed by atoms with Crippen LogP contribution in [0.5, 0.6) is 5.75 Å². The molecule has 1 aromatic carbocycles. The fraction of sp³-hybridized carbons (Fsp3) is 0.571. The van der Waals surface area contributed by atoms with Gasteiger partial charge in [0.05, 0.1) is 5.75 Å². The molecule has 0 aliphatic heterocycles. The number of benzene rings is 1. The second-order valence-corrected chi connectivity index (χ2v) is 7.87. The van der Waals surface area contributed by atoms with Gasteiger partial charge in [-0.1, -0.05) is 56.0 Å². The molecule has 0 spiro atoms. The monoisotopic (exact) mass is 234 g/mol. The first kappa shape index (κ1) is 13.6. The van der Waals surface area contributed by atoms with Crippen molar-refractivity contribution >= 4 is 14.5 Å². The molecule has 0 bridgehead atoms. The smallest absolute Gasteiger partial charge is 0.546 e. The predicted molar refractivity (Wildman–Crippen MR) is 72.6 cm³/mol. The summed E-state index contributed by atoms with van der Waals surface area (Å²) in [6.07, 6.45) is 0. The van der Waals surface area contributed by atoms with Gasteiger partial charge in [-0.25, -0.2) is 0 Å². The van der Waals surface area contributed by atoms with E-state index >= 15 is 0 Å². The Labute approximate surface area is 105 Å². The van der Waals surface area contributed by atoms with Crippen molar-refractivity contribution in [2.75, 3.05) is 0 Å². The Bertz CT molecular complexity index is 330. The number of hydrogen-bond acceptors (Lipinski definition) is 1. The molecule has 0 N–H and O–H groups in total. The van der Waals surface area contributed by atoms with Crippen LogP contribution in [-0.4, -0.2) is 14.5 Å². The summed E-state index contributed by atoms with van der Waals surface area (Å²) in [6.45, 7) is 11.1. The molecule has 0 unspecified atom stereocenters. The van der Waals surface area contributed by atoms with Crippen molar-refractivity contribution in [1.29, 1.82) is 0 Å². The molecule has 0 heterocycles. The highest BCUT2D eigenvalue weighted by Crippen LogP contribution is 2.28. The Morgan fingerprint density at radius 1 is 1.19 bits per heavy atom. The van der Waals surface area contributed by atoms with E-state index in [1.165, 1.54) is 21.7 Å². The first-order valence-electron chi connectivity index (χ1n) is 6.35. The van der Waals surface area contributed by atoms with Crippen molar-refractivity contribution in [3.05, 3.63) is 29.3 Å². The van der Waals surface area contributed by atoms with Gasteiger partial charge in [-0.15, -0.1) is 0 Å². The Kier molecular flexibility index (Phi) is 5.39. The molecular formula is C14H23AlO. The molecule has 0 atom stereocenters. The minimum Gasteiger partial charge on any atom is -0.642 e. The zero-order chi connectivity index (χ0) is 12.1. The van der Waals surface area contributed by atoms with Crippen LogP contribution in [0.3, 0.4) is 0 Å². The van der Waals surface area contributed by atoms with Crippen molar-refractivity contribution in [1.82, 2.24) is 0 Å². The third-order valence-corrected chi connectivity index (χ3v) is 5.40. The van der Waals surface area contributed by atoms with Gasteiger partial charge in [0.2, 0.25) is 0 Å². The lowest BCUT2D eigenvalue weighted by atomic mass is 10.0. The topological polar surface area (TPSA) is 9.23 Å². The van der Waals surface area contributed by atoms with Crippen LogP contribution in [0.25, 0.3) is 0 Å². The van der Waals surface area contributed by atoms with E-state index < -0.39 is 14.5 Å². The van der Waals surface area contributed by atoms with Crippen molar-refractivity contribution in [2.24, 2.45) is 0 Å². The minimum absolute atomic E-state index is 0.540. The van der Waals surface area contributed by atoms with E-state index in [1.54, 1.807) is 0 Å². The van der Waals surface area contributed by atoms with Gasteiger partial charge in [0.15, 0.2) is 0 Å². The summed E-state index contributed by atoms with van der Waals surface area (Å²) >= 11 is -1.00. The predicted octanol–water partition coefficient (Wildman–Crippen LogP) is 4.53. The summed E-state index contributed by atoms with van der Waals surface area (Å²) in [7, 11) is 0. The Balaban J connectivity index is 2.94. The van der Waals surface area contributed by atoms with Gasteiger partial charge < -0.3 is 3.79 Å². The van der Waals surface area contributed by atoms with E-state index in [0.29, 0.717) is 5.92 Å². The highest BCUT2D eigenvalue weighted by molar-refractivity contribution is 6.52. The van der Waals surface area contributed by atoms with Gasteiger partial charge in [-0.05, 0) is 24.5 Å². The largest absolute Gasteiger partial charge is 0.642 e. The Hall–Kier alpha value is -0.448. The fourth-order valence-electron chi connectivity index (χ4n) is 1.86. The SMILES string of the molecule is C[CH2][Al]([CH2]C)[O]c1ccc(C)cc1C(C)C. The summed E-state index contributed by atoms with van der Waals surface area (Å²) in [6, 6.07) is 6.56. The Morgan fingerprint density at radius 2 is 1.81 bits per heavy atom. The molecule has 1 aromatic rings. The van der Waals surface area contributed by atoms with E-state index in [-0.39, 0.29) is 0 Å². The van der Waals surface area contributed by atoms with Crippen molar-refractivity contribution in [3.63, 3.8) is 0 Å². The van der Waals surface area contributed by atoms with Gasteiger partial charge >= 0.3 is 14.5 Å². The lowest BCUT2D eigenvalue weighted by Crippen LogP contribution is -2.19. The minimum atomic E-state index is -1.00. The van der Waals surface area contributed by atoms with Crippen LogP contribution in [-0.2, 0) is 0 Å². The van der Waals surface area contributed by atoms with Crippen LogP contribution >= 0.6 is 0 Å². The molecule has 0 saturated heterocycles. The molecule has 0 saturated carbocycles. The first-order valence-corrected chi connectivity index (χ1v) is 8.46. The van der Waals surface area contributed by atoms with Crippen molar-refractivity contribution in [3.8, 4) is 5.75 Å². The van der Waals surface area contributed by atoms with Gasteiger partial charge in [-0.2, -0.15) is 0 Å². The first-order chi connectivity index (χ1) is 7.58. The third-order valence-electron chi connectivity index (χ3n) is 2.99. The lowest BCUT2D eigenvalue weighted by Gasteiger charge is -2.19. The quantitative estimate of drug-likeness (QED) is 0.680. The highest BCUT2D eigenvalue weighted by atomic mass is 27.2. The summed E-state index contributed by atoms with van der Waals surface area (Å²) in [4.78, 5) is 0. The van der Waals surface area contributed by atoms with Gasteiger partial charge in [0, 0.05) is 0 Å². The van der Waals surface area contributed by atoms with Crippen LogP contribution in [0.4, 0.5) is 0 Å². The summed E-state index contributed by atoms with van der Waals surface area (Å²) in [5, 5.41) is 2.42. The molecule has 0 aliphatic rings. The lowest BCUT2D eigenvalue weighted by molar-refractivity contribution is 0.552. The maximum atomic E-state index is 6.20. The maximum Gasteiger partial charge on any atom is 0.546 e. The molecule has 1 nitrogen and oxygen atoms in total. The average Bonchev–Trinajstić information content (AvgIpc) is 2.27. The molecule has 2 heteroatoms. The molecule has 0 radical (unpaired) electrons. The second-order valence-electron chi connectivity index (χ2n) is 4.75. The van der Waals surface area contributed by atoms with Crippen LogP contribution in [0.1, 0.15) is 44.7 Å². The fourth-order valence-corrected chi connectivity index (χ4v) is 3.35. The zero-order valence-corrected chi connectivity index (χ0v) is 12.4. The van der Waals surface area contributed by atoms with Crippen LogP contribution in [0, 0.1) is 6.92 Å². The van der Waals surface area contributed by atoms with E-state index in [4.69, 9.17) is 3.79 Å². The van der Waals surface area contributed by atoms with E-state index in [2.05, 4.69) is 52.8 Å². The number of rotatable bonds is 5. The molecule has 16 heavy (non-hydrogen) atoms. The number of aryl methyl sites for hydroxylation is 1. The standard InChI is InChI=1S/C10H14O.2C2H5.Al/c1-7(2)9-6-8(3)4-5-10(9)11;2*1-2;/h4-7,11H,1-3H3;2*1H2,2H3;/q;;;+1/p-1. The van der Waals surface area contributed by atoms with Gasteiger partial charge in [-0.3, -0.25) is 0 Å². The average molecular weight is 234 g/mol. The van der Waals surface area contributed by atoms with Gasteiger partial charge in [0.25, 0.3) is 0 Å². The molecule has 88 valence electrons. The molecule has 0 amide bonds. The molecule has 0 fully saturated rings. The molecule has 0 aromatic heterocycles. The van der Waals surface area contributed by atoms with E-state index in [1.807, 2.05) is 0 Å². The van der Waals surface area contributed by atoms with Crippen LogP contribution in [0.2, 0.25) is 10.6 Å². The third kappa shape index (κ3) is 3.54. The summed E-state index contributed by atoms with van der Waals surface area (Å²) in [5.74, 6) is 1.67. The van der Waals surface area contributed by atoms with Crippen molar-refractivity contribution < 1.29 is 3.79 Å². The normalized spacial score (nSPS) is 10.6. The number of hydrogen-bond donors (Lipinski definition) is 0. The summed E-state index contributed by atoms with van der Waals surface area (Å²) in [5.41, 5.74) is 2.68. The summed E-state index contributed by atoms with van der Waals surface area (Å²) < 4.78 is 6.20. The second kappa shape index (κ2) is 6.33. The van der Waals surface area contributed by atoms with E-state index in [9.17, 15) is 0 Å². The molecule has 1 rings (SSSR count).